The molecule has 0 aliphatic carbocycles. The van der Waals surface area contributed by atoms with E-state index in [1.165, 1.54) is 12.1 Å². The van der Waals surface area contributed by atoms with Crippen molar-refractivity contribution in [3.05, 3.63) is 69.3 Å². The Morgan fingerprint density at radius 1 is 1.17 bits per heavy atom. The van der Waals surface area contributed by atoms with Crippen LogP contribution in [-0.4, -0.2) is 34.3 Å². The number of aromatic hydroxyl groups is 1. The van der Waals surface area contributed by atoms with Crippen molar-refractivity contribution in [2.24, 2.45) is 0 Å². The molecule has 3 aromatic rings. The molecule has 1 aromatic heterocycles. The number of hydrogen-bond donors (Lipinski definition) is 2. The lowest BCUT2D eigenvalue weighted by Gasteiger charge is -2.35. The minimum atomic E-state index is -4.54. The largest absolute Gasteiger partial charge is 0.506 e. The summed E-state index contributed by atoms with van der Waals surface area (Å²) in [4.78, 5) is 26.2. The van der Waals surface area contributed by atoms with Crippen molar-refractivity contribution < 1.29 is 32.6 Å². The highest BCUT2D eigenvalue weighted by molar-refractivity contribution is 6.03. The Morgan fingerprint density at radius 2 is 1.80 bits per heavy atom. The van der Waals surface area contributed by atoms with Gasteiger partial charge in [0.15, 0.2) is 5.56 Å². The number of aromatic nitrogens is 1. The van der Waals surface area contributed by atoms with Crippen LogP contribution in [0, 0.1) is 5.82 Å². The number of carboxylic acid groups (broad SMARTS) is 1. The Bertz CT molecular complexity index is 1250. The first-order valence-corrected chi connectivity index (χ1v) is 8.73. The molecule has 10 heteroatoms. The fraction of sp³-hybridized carbons (Fsp3) is 0.200. The third-order valence-electron chi connectivity index (χ3n) is 5.23. The number of halogens is 4. The van der Waals surface area contributed by atoms with E-state index in [9.17, 15) is 37.4 Å². The molecular formula is C20H14F4N2O4. The Kier molecular flexibility index (Phi) is 4.26. The lowest BCUT2D eigenvalue weighted by Crippen LogP contribution is -2.40. The average Bonchev–Trinajstić information content (AvgIpc) is 2.66. The van der Waals surface area contributed by atoms with Gasteiger partial charge in [-0.1, -0.05) is 12.1 Å². The first-order chi connectivity index (χ1) is 14.0. The second-order valence-electron chi connectivity index (χ2n) is 7.04. The molecule has 6 nitrogen and oxygen atoms in total. The topological polar surface area (TPSA) is 82.8 Å². The standard InChI is InChI=1S/C20H14F4N2O4/c1-25-8-14(9-2-4-10(5-3-9)20(22,23)24)26-16-12(6-11(21)7-13(16)25)17(27)15(18(26)28)19(29)30/h2-7,14,27H,8H2,1H3,(H,29,30). The van der Waals surface area contributed by atoms with Crippen LogP contribution in [-0.2, 0) is 6.18 Å². The molecule has 1 aliphatic rings. The monoisotopic (exact) mass is 422 g/mol. The van der Waals surface area contributed by atoms with Crippen molar-refractivity contribution in [3.8, 4) is 5.75 Å². The summed E-state index contributed by atoms with van der Waals surface area (Å²) in [6, 6.07) is 5.36. The first kappa shape index (κ1) is 19.7. The zero-order valence-electron chi connectivity index (χ0n) is 15.4. The van der Waals surface area contributed by atoms with Gasteiger partial charge in [0.25, 0.3) is 5.56 Å². The van der Waals surface area contributed by atoms with Gasteiger partial charge in [0.05, 0.1) is 22.8 Å². The van der Waals surface area contributed by atoms with E-state index in [0.717, 1.165) is 28.8 Å². The van der Waals surface area contributed by atoms with Crippen LogP contribution in [0.2, 0.25) is 0 Å². The molecule has 0 saturated heterocycles. The molecule has 0 bridgehead atoms. The molecule has 1 atom stereocenters. The van der Waals surface area contributed by atoms with E-state index in [0.29, 0.717) is 5.56 Å². The fourth-order valence-electron chi connectivity index (χ4n) is 3.85. The van der Waals surface area contributed by atoms with Gasteiger partial charge in [-0.05, 0) is 29.8 Å². The minimum absolute atomic E-state index is 0.0701. The smallest absolute Gasteiger partial charge is 0.416 e. The molecule has 0 saturated carbocycles. The van der Waals surface area contributed by atoms with Gasteiger partial charge < -0.3 is 15.1 Å². The number of benzene rings is 2. The van der Waals surface area contributed by atoms with Gasteiger partial charge in [0.2, 0.25) is 0 Å². The van der Waals surface area contributed by atoms with E-state index >= 15 is 0 Å². The van der Waals surface area contributed by atoms with Crippen LogP contribution < -0.4 is 10.5 Å². The van der Waals surface area contributed by atoms with Crippen molar-refractivity contribution in [2.75, 3.05) is 18.5 Å². The molecule has 4 rings (SSSR count). The first-order valence-electron chi connectivity index (χ1n) is 8.73. The summed E-state index contributed by atoms with van der Waals surface area (Å²) < 4.78 is 53.9. The van der Waals surface area contributed by atoms with Gasteiger partial charge in [-0.2, -0.15) is 13.2 Å². The number of aromatic carboxylic acids is 1. The summed E-state index contributed by atoms with van der Waals surface area (Å²) in [6.45, 7) is 0.0701. The summed E-state index contributed by atoms with van der Waals surface area (Å²) in [7, 11) is 1.60. The summed E-state index contributed by atoms with van der Waals surface area (Å²) >= 11 is 0. The second-order valence-corrected chi connectivity index (χ2v) is 7.04. The third kappa shape index (κ3) is 2.87. The molecule has 2 N–H and O–H groups in total. The van der Waals surface area contributed by atoms with Crippen molar-refractivity contribution in [2.45, 2.75) is 12.2 Å². The van der Waals surface area contributed by atoms with Gasteiger partial charge in [0.1, 0.15) is 11.6 Å². The molecule has 0 fully saturated rings. The highest BCUT2D eigenvalue weighted by Crippen LogP contribution is 2.40. The maximum atomic E-state index is 14.1. The van der Waals surface area contributed by atoms with Crippen LogP contribution in [0.5, 0.6) is 5.75 Å². The zero-order valence-corrected chi connectivity index (χ0v) is 15.4. The molecule has 0 amide bonds. The maximum Gasteiger partial charge on any atom is 0.416 e. The van der Waals surface area contributed by atoms with E-state index in [-0.39, 0.29) is 23.1 Å². The Morgan fingerprint density at radius 3 is 2.37 bits per heavy atom. The van der Waals surface area contributed by atoms with E-state index in [2.05, 4.69) is 0 Å². The minimum Gasteiger partial charge on any atom is -0.506 e. The number of pyridine rings is 1. The number of hydrogen-bond acceptors (Lipinski definition) is 4. The highest BCUT2D eigenvalue weighted by Gasteiger charge is 2.34. The third-order valence-corrected chi connectivity index (χ3v) is 5.23. The SMILES string of the molecule is CN1CC(c2ccc(C(F)(F)F)cc2)n2c(=O)c(C(=O)O)c(O)c3cc(F)cc1c32. The number of carbonyl (C=O) groups is 1. The predicted molar refractivity (Wildman–Crippen MR) is 99.6 cm³/mol. The van der Waals surface area contributed by atoms with Crippen LogP contribution in [0.1, 0.15) is 27.5 Å². The lowest BCUT2D eigenvalue weighted by molar-refractivity contribution is -0.137. The summed E-state index contributed by atoms with van der Waals surface area (Å²) in [5.74, 6) is -3.30. The van der Waals surface area contributed by atoms with Crippen LogP contribution in [0.4, 0.5) is 23.2 Å². The van der Waals surface area contributed by atoms with Crippen LogP contribution >= 0.6 is 0 Å². The molecule has 1 aliphatic heterocycles. The molecule has 0 spiro atoms. The quantitative estimate of drug-likeness (QED) is 0.617. The predicted octanol–water partition coefficient (Wildman–Crippen LogP) is 3.60. The van der Waals surface area contributed by atoms with Gasteiger partial charge >= 0.3 is 12.1 Å². The number of rotatable bonds is 2. The van der Waals surface area contributed by atoms with E-state index in [4.69, 9.17) is 0 Å². The van der Waals surface area contributed by atoms with E-state index in [1.807, 2.05) is 0 Å². The van der Waals surface area contributed by atoms with Crippen molar-refractivity contribution in [1.82, 2.24) is 4.57 Å². The van der Waals surface area contributed by atoms with Crippen molar-refractivity contribution in [1.29, 1.82) is 0 Å². The van der Waals surface area contributed by atoms with E-state index < -0.39 is 46.4 Å². The number of carboxylic acids is 1. The Labute approximate surface area is 166 Å². The van der Waals surface area contributed by atoms with Crippen molar-refractivity contribution in [3.63, 3.8) is 0 Å². The van der Waals surface area contributed by atoms with Crippen LogP contribution in [0.15, 0.2) is 41.2 Å². The lowest BCUT2D eigenvalue weighted by atomic mass is 9.98. The summed E-state index contributed by atoms with van der Waals surface area (Å²) in [5.41, 5.74) is -2.15. The zero-order chi connectivity index (χ0) is 22.0. The normalized spacial score (nSPS) is 16.2. The molecule has 2 heterocycles. The van der Waals surface area contributed by atoms with Crippen molar-refractivity contribution >= 4 is 22.6 Å². The number of likely N-dealkylation sites (N-methyl/N-ethyl adjacent to an activating group) is 1. The number of alkyl halides is 3. The maximum absolute atomic E-state index is 14.1. The van der Waals surface area contributed by atoms with E-state index in [1.54, 1.807) is 11.9 Å². The molecule has 156 valence electrons. The van der Waals surface area contributed by atoms with Gasteiger partial charge in [-0.3, -0.25) is 9.36 Å². The van der Waals surface area contributed by atoms with Gasteiger partial charge in [0, 0.05) is 19.0 Å². The summed E-state index contributed by atoms with van der Waals surface area (Å²) in [6.07, 6.45) is -4.54. The molecule has 30 heavy (non-hydrogen) atoms. The molecular weight excluding hydrogens is 408 g/mol. The summed E-state index contributed by atoms with van der Waals surface area (Å²) in [5, 5.41) is 19.6. The number of anilines is 1. The van der Waals surface area contributed by atoms with Gasteiger partial charge in [-0.15, -0.1) is 0 Å². The van der Waals surface area contributed by atoms with Crippen LogP contribution in [0.3, 0.4) is 0 Å². The fourth-order valence-corrected chi connectivity index (χ4v) is 3.85. The van der Waals surface area contributed by atoms with Gasteiger partial charge in [-0.25, -0.2) is 9.18 Å². The molecule has 1 unspecified atom stereocenters. The molecule has 2 aromatic carbocycles. The Balaban J connectivity index is 2.05. The average molecular weight is 422 g/mol. The molecule has 0 radical (unpaired) electrons. The number of nitrogens with zero attached hydrogens (tertiary/aromatic N) is 2. The van der Waals surface area contributed by atoms with Crippen LogP contribution in [0.25, 0.3) is 10.9 Å². The second kappa shape index (κ2) is 6.48. The highest BCUT2D eigenvalue weighted by atomic mass is 19.4. The Hall–Kier alpha value is -3.56.